The molecule has 2 fully saturated rings. The Bertz CT molecular complexity index is 307. The highest BCUT2D eigenvalue weighted by Crippen LogP contribution is 2.38. The highest BCUT2D eigenvalue weighted by Gasteiger charge is 2.41. The third-order valence-electron chi connectivity index (χ3n) is 3.55. The maximum atomic E-state index is 11.7. The Hall–Kier alpha value is -1.06. The second-order valence-electron chi connectivity index (χ2n) is 5.14. The highest BCUT2D eigenvalue weighted by molar-refractivity contribution is 5.87. The minimum atomic E-state index is -0.909. The number of likely N-dealkylation sites (tertiary alicyclic amines) is 1. The molecule has 0 aromatic carbocycles. The van der Waals surface area contributed by atoms with E-state index in [1.807, 2.05) is 0 Å². The molecule has 1 heterocycles. The number of carbonyl (C=O) groups excluding carboxylic acids is 2. The molecule has 2 rings (SSSR count). The quantitative estimate of drug-likeness (QED) is 0.735. The number of ether oxygens (including phenoxy) is 1. The smallest absolute Gasteiger partial charge is 0.410 e. The molecule has 1 aliphatic carbocycles. The van der Waals surface area contributed by atoms with E-state index in [4.69, 9.17) is 4.74 Å². The Morgan fingerprint density at radius 2 is 2.00 bits per heavy atom. The van der Waals surface area contributed by atoms with Crippen molar-refractivity contribution in [1.29, 1.82) is 0 Å². The maximum Gasteiger partial charge on any atom is 0.410 e. The zero-order chi connectivity index (χ0) is 11.8. The molecule has 1 unspecified atom stereocenters. The van der Waals surface area contributed by atoms with E-state index in [-0.39, 0.29) is 11.9 Å². The predicted octanol–water partition coefficient (Wildman–Crippen LogP) is 1.98. The molecule has 0 N–H and O–H groups in total. The standard InChI is InChI=1S/C12H19NO3/c1-9(14)12(2,8-10-4-5-10)16-11(15)13-6-3-7-13/h10H,3-8H2,1-2H3. The largest absolute Gasteiger partial charge is 0.435 e. The van der Waals surface area contributed by atoms with Crippen LogP contribution in [0, 0.1) is 5.92 Å². The van der Waals surface area contributed by atoms with Crippen LogP contribution in [-0.2, 0) is 9.53 Å². The first kappa shape index (κ1) is 11.4. The van der Waals surface area contributed by atoms with Crippen LogP contribution >= 0.6 is 0 Å². The summed E-state index contributed by atoms with van der Waals surface area (Å²) < 4.78 is 5.39. The van der Waals surface area contributed by atoms with Crippen molar-refractivity contribution < 1.29 is 14.3 Å². The summed E-state index contributed by atoms with van der Waals surface area (Å²) in [5, 5.41) is 0. The van der Waals surface area contributed by atoms with Crippen LogP contribution in [0.2, 0.25) is 0 Å². The third kappa shape index (κ3) is 2.36. The number of carbonyl (C=O) groups is 2. The van der Waals surface area contributed by atoms with Crippen LogP contribution in [0.3, 0.4) is 0 Å². The Morgan fingerprint density at radius 1 is 1.38 bits per heavy atom. The summed E-state index contributed by atoms with van der Waals surface area (Å²) in [6, 6.07) is 0. The topological polar surface area (TPSA) is 46.6 Å². The molecular formula is C12H19NO3. The van der Waals surface area contributed by atoms with Gasteiger partial charge in [0.15, 0.2) is 11.4 Å². The Balaban J connectivity index is 1.94. The first-order valence-electron chi connectivity index (χ1n) is 6.00. The monoisotopic (exact) mass is 225 g/mol. The number of hydrogen-bond acceptors (Lipinski definition) is 3. The van der Waals surface area contributed by atoms with Gasteiger partial charge in [-0.15, -0.1) is 0 Å². The van der Waals surface area contributed by atoms with Gasteiger partial charge in [-0.3, -0.25) is 4.79 Å². The summed E-state index contributed by atoms with van der Waals surface area (Å²) in [5.74, 6) is 0.520. The van der Waals surface area contributed by atoms with Gasteiger partial charge in [-0.05, 0) is 32.6 Å². The van der Waals surface area contributed by atoms with Gasteiger partial charge in [0.05, 0.1) is 0 Å². The molecule has 0 bridgehead atoms. The number of amides is 1. The summed E-state index contributed by atoms with van der Waals surface area (Å²) in [5.41, 5.74) is -0.909. The molecule has 0 aromatic rings. The maximum absolute atomic E-state index is 11.7. The normalized spacial score (nSPS) is 23.2. The molecule has 1 aliphatic heterocycles. The lowest BCUT2D eigenvalue weighted by molar-refractivity contribution is -0.136. The zero-order valence-electron chi connectivity index (χ0n) is 9.99. The molecule has 1 amide bonds. The van der Waals surface area contributed by atoms with Crippen LogP contribution in [0.4, 0.5) is 4.79 Å². The van der Waals surface area contributed by atoms with Crippen molar-refractivity contribution in [2.75, 3.05) is 13.1 Å². The van der Waals surface area contributed by atoms with Crippen molar-refractivity contribution in [3.8, 4) is 0 Å². The molecule has 2 aliphatic rings. The average Bonchev–Trinajstić information content (AvgIpc) is 2.83. The van der Waals surface area contributed by atoms with E-state index in [2.05, 4.69) is 0 Å². The Kier molecular flexibility index (Phi) is 2.91. The van der Waals surface area contributed by atoms with Crippen LogP contribution in [-0.4, -0.2) is 35.5 Å². The molecule has 4 nitrogen and oxygen atoms in total. The summed E-state index contributed by atoms with van der Waals surface area (Å²) in [6.07, 6.45) is 3.70. The molecule has 1 saturated carbocycles. The number of ketones is 1. The van der Waals surface area contributed by atoms with E-state index in [1.165, 1.54) is 6.92 Å². The average molecular weight is 225 g/mol. The lowest BCUT2D eigenvalue weighted by Gasteiger charge is -2.35. The van der Waals surface area contributed by atoms with Gasteiger partial charge in [0.1, 0.15) is 0 Å². The van der Waals surface area contributed by atoms with E-state index >= 15 is 0 Å². The molecule has 90 valence electrons. The SMILES string of the molecule is CC(=O)C(C)(CC1CC1)OC(=O)N1CCC1. The molecule has 1 saturated heterocycles. The summed E-state index contributed by atoms with van der Waals surface area (Å²) in [4.78, 5) is 24.9. The van der Waals surface area contributed by atoms with E-state index in [0.29, 0.717) is 12.3 Å². The second-order valence-corrected chi connectivity index (χ2v) is 5.14. The van der Waals surface area contributed by atoms with Crippen molar-refractivity contribution in [3.05, 3.63) is 0 Å². The van der Waals surface area contributed by atoms with Crippen LogP contribution in [0.15, 0.2) is 0 Å². The van der Waals surface area contributed by atoms with Crippen LogP contribution in [0.5, 0.6) is 0 Å². The fraction of sp³-hybridized carbons (Fsp3) is 0.833. The predicted molar refractivity (Wildman–Crippen MR) is 59.1 cm³/mol. The van der Waals surface area contributed by atoms with E-state index < -0.39 is 5.60 Å². The van der Waals surface area contributed by atoms with Gasteiger partial charge in [0, 0.05) is 13.1 Å². The van der Waals surface area contributed by atoms with Crippen molar-refractivity contribution in [2.24, 2.45) is 5.92 Å². The molecule has 0 spiro atoms. The first-order chi connectivity index (χ1) is 7.51. The molecular weight excluding hydrogens is 206 g/mol. The van der Waals surface area contributed by atoms with Crippen LogP contribution < -0.4 is 0 Å². The second kappa shape index (κ2) is 4.07. The molecule has 0 aromatic heterocycles. The minimum Gasteiger partial charge on any atom is -0.435 e. The van der Waals surface area contributed by atoms with Gasteiger partial charge in [-0.25, -0.2) is 4.79 Å². The van der Waals surface area contributed by atoms with Gasteiger partial charge in [-0.2, -0.15) is 0 Å². The summed E-state index contributed by atoms with van der Waals surface area (Å²) in [7, 11) is 0. The van der Waals surface area contributed by atoms with Crippen molar-refractivity contribution >= 4 is 11.9 Å². The number of rotatable bonds is 4. The Labute approximate surface area is 95.9 Å². The van der Waals surface area contributed by atoms with Gasteiger partial charge in [0.25, 0.3) is 0 Å². The van der Waals surface area contributed by atoms with Gasteiger partial charge < -0.3 is 9.64 Å². The Morgan fingerprint density at radius 3 is 2.38 bits per heavy atom. The number of hydrogen-bond donors (Lipinski definition) is 0. The van der Waals surface area contributed by atoms with Crippen LogP contribution in [0.25, 0.3) is 0 Å². The first-order valence-corrected chi connectivity index (χ1v) is 6.00. The highest BCUT2D eigenvalue weighted by atomic mass is 16.6. The fourth-order valence-electron chi connectivity index (χ4n) is 1.89. The molecule has 16 heavy (non-hydrogen) atoms. The fourth-order valence-corrected chi connectivity index (χ4v) is 1.89. The van der Waals surface area contributed by atoms with Crippen LogP contribution in [0.1, 0.15) is 39.5 Å². The van der Waals surface area contributed by atoms with E-state index in [0.717, 1.165) is 32.4 Å². The van der Waals surface area contributed by atoms with Gasteiger partial charge in [-0.1, -0.05) is 12.8 Å². The lowest BCUT2D eigenvalue weighted by Crippen LogP contribution is -2.48. The third-order valence-corrected chi connectivity index (χ3v) is 3.55. The van der Waals surface area contributed by atoms with Crippen molar-refractivity contribution in [3.63, 3.8) is 0 Å². The molecule has 4 heteroatoms. The molecule has 0 radical (unpaired) electrons. The van der Waals surface area contributed by atoms with Crippen molar-refractivity contribution in [1.82, 2.24) is 4.90 Å². The minimum absolute atomic E-state index is 0.0479. The van der Waals surface area contributed by atoms with E-state index in [1.54, 1.807) is 11.8 Å². The molecule has 1 atom stereocenters. The number of Topliss-reactive ketones (excluding diaryl/α,β-unsaturated/α-hetero) is 1. The summed E-state index contributed by atoms with van der Waals surface area (Å²) >= 11 is 0. The lowest BCUT2D eigenvalue weighted by atomic mass is 9.94. The zero-order valence-corrected chi connectivity index (χ0v) is 9.99. The van der Waals surface area contributed by atoms with Crippen molar-refractivity contribution in [2.45, 2.75) is 45.1 Å². The van der Waals surface area contributed by atoms with Gasteiger partial charge in [0.2, 0.25) is 0 Å². The van der Waals surface area contributed by atoms with Gasteiger partial charge >= 0.3 is 6.09 Å². The summed E-state index contributed by atoms with van der Waals surface area (Å²) in [6.45, 7) is 4.77. The van der Waals surface area contributed by atoms with E-state index in [9.17, 15) is 9.59 Å². The number of nitrogens with zero attached hydrogens (tertiary/aromatic N) is 1.